The van der Waals surface area contributed by atoms with Crippen LogP contribution >= 0.6 is 0 Å². The molecule has 0 aromatic heterocycles. The van der Waals surface area contributed by atoms with Crippen molar-refractivity contribution in [3.05, 3.63) is 0 Å². The molecule has 0 aromatic rings. The molecule has 8 heavy (non-hydrogen) atoms. The molecule has 0 heterocycles. The van der Waals surface area contributed by atoms with Gasteiger partial charge in [-0.15, -0.1) is 0 Å². The first-order chi connectivity index (χ1) is 3.31. The van der Waals surface area contributed by atoms with Crippen LogP contribution in [0.2, 0.25) is 0 Å². The van der Waals surface area contributed by atoms with Crippen LogP contribution in [0.4, 0.5) is 0 Å². The topological polar surface area (TPSA) is 18.5 Å². The maximum atomic E-state index is 4.87. The number of hydrogen-bond donors (Lipinski definition) is 0. The zero-order valence-corrected chi connectivity index (χ0v) is 7.34. The van der Waals surface area contributed by atoms with Gasteiger partial charge in [0.2, 0.25) is 0 Å². The summed E-state index contributed by atoms with van der Waals surface area (Å²) in [7, 11) is 3.33. The van der Waals surface area contributed by atoms with Crippen molar-refractivity contribution in [3.63, 3.8) is 0 Å². The van der Waals surface area contributed by atoms with Crippen molar-refractivity contribution >= 4 is 0 Å². The molecule has 0 spiro atoms. The number of methoxy groups -OCH3 is 2. The van der Waals surface area contributed by atoms with Gasteiger partial charge in [-0.2, -0.15) is 0 Å². The van der Waals surface area contributed by atoms with Crippen LogP contribution in [0.15, 0.2) is 0 Å². The second-order valence-corrected chi connectivity index (χ2v) is 1.50. The second kappa shape index (κ2) is 8.18. The molecule has 0 bridgehead atoms. The molecule has 55 valence electrons. The fraction of sp³-hybridized carbons (Fsp3) is 1.00. The molecule has 0 aliphatic rings. The minimum atomic E-state index is 0. The zero-order valence-electron chi connectivity index (χ0n) is 5.40. The largest absolute Gasteiger partial charge is 0.382 e. The molecule has 0 saturated heterocycles. The Morgan fingerprint density at radius 3 is 2.00 bits per heavy atom. The molecule has 0 N–H and O–H groups in total. The monoisotopic (exact) mass is 269 g/mol. The molecule has 0 aliphatic carbocycles. The summed E-state index contributed by atoms with van der Waals surface area (Å²) < 4.78 is 9.64. The van der Waals surface area contributed by atoms with Gasteiger partial charge in [0.1, 0.15) is 0 Å². The molecule has 2 nitrogen and oxygen atoms in total. The average molecular weight is 269 g/mol. The van der Waals surface area contributed by atoms with Crippen LogP contribution in [-0.2, 0) is 9.47 Å². The van der Waals surface area contributed by atoms with Crippen LogP contribution in [0.5, 0.6) is 0 Å². The molecular formula is C5H12HoO2. The van der Waals surface area contributed by atoms with Gasteiger partial charge >= 0.3 is 0 Å². The first-order valence-corrected chi connectivity index (χ1v) is 2.33. The molecule has 1 radical (unpaired) electrons. The summed E-state index contributed by atoms with van der Waals surface area (Å²) in [6, 6.07) is 0. The fourth-order valence-electron chi connectivity index (χ4n) is 0.303. The van der Waals surface area contributed by atoms with Crippen LogP contribution in [0.1, 0.15) is 6.92 Å². The second-order valence-electron chi connectivity index (χ2n) is 1.50. The van der Waals surface area contributed by atoms with E-state index < -0.39 is 0 Å². The third kappa shape index (κ3) is 7.18. The van der Waals surface area contributed by atoms with Crippen LogP contribution in [0, 0.1) is 37.7 Å². The van der Waals surface area contributed by atoms with Crippen molar-refractivity contribution in [3.8, 4) is 0 Å². The van der Waals surface area contributed by atoms with E-state index in [0.717, 1.165) is 0 Å². The van der Waals surface area contributed by atoms with Gasteiger partial charge in [0.05, 0.1) is 12.7 Å². The Bertz CT molecular complexity index is 41.4. The summed E-state index contributed by atoms with van der Waals surface area (Å²) in [4.78, 5) is 0. The molecule has 0 amide bonds. The fourth-order valence-corrected chi connectivity index (χ4v) is 0.303. The molecule has 1 atom stereocenters. The van der Waals surface area contributed by atoms with Crippen LogP contribution < -0.4 is 0 Å². The Kier molecular flexibility index (Phi) is 12.2. The summed E-state index contributed by atoms with van der Waals surface area (Å²) in [5, 5.41) is 0. The van der Waals surface area contributed by atoms with Crippen molar-refractivity contribution < 1.29 is 47.2 Å². The summed E-state index contributed by atoms with van der Waals surface area (Å²) >= 11 is 0. The van der Waals surface area contributed by atoms with E-state index in [-0.39, 0.29) is 43.8 Å². The SMILES string of the molecule is COCC(C)OC.[Ho]. The van der Waals surface area contributed by atoms with Gasteiger partial charge in [-0.05, 0) is 6.92 Å². The van der Waals surface area contributed by atoms with Gasteiger partial charge in [-0.3, -0.25) is 0 Å². The van der Waals surface area contributed by atoms with E-state index in [0.29, 0.717) is 6.61 Å². The maximum Gasteiger partial charge on any atom is 0.0776 e. The molecule has 0 aromatic carbocycles. The molecular weight excluding hydrogens is 257 g/mol. The van der Waals surface area contributed by atoms with Gasteiger partial charge in [-0.1, -0.05) is 0 Å². The number of rotatable bonds is 3. The smallest absolute Gasteiger partial charge is 0.0776 e. The van der Waals surface area contributed by atoms with E-state index in [4.69, 9.17) is 9.47 Å². The van der Waals surface area contributed by atoms with E-state index in [1.54, 1.807) is 14.2 Å². The van der Waals surface area contributed by atoms with Crippen LogP contribution in [0.25, 0.3) is 0 Å². The Balaban J connectivity index is 0. The number of ether oxygens (including phenoxy) is 2. The third-order valence-electron chi connectivity index (χ3n) is 0.804. The predicted octanol–water partition coefficient (Wildman–Crippen LogP) is 0.668. The van der Waals surface area contributed by atoms with Crippen molar-refractivity contribution in [1.82, 2.24) is 0 Å². The molecule has 0 aliphatic heterocycles. The Morgan fingerprint density at radius 1 is 1.38 bits per heavy atom. The van der Waals surface area contributed by atoms with E-state index in [1.165, 1.54) is 0 Å². The van der Waals surface area contributed by atoms with Crippen LogP contribution in [-0.4, -0.2) is 26.9 Å². The Hall–Kier alpha value is 1.18. The third-order valence-corrected chi connectivity index (χ3v) is 0.804. The summed E-state index contributed by atoms with van der Waals surface area (Å²) in [6.45, 7) is 2.64. The minimum absolute atomic E-state index is 0. The van der Waals surface area contributed by atoms with E-state index in [9.17, 15) is 0 Å². The van der Waals surface area contributed by atoms with E-state index in [1.807, 2.05) is 6.92 Å². The Labute approximate surface area is 80.5 Å². The predicted molar refractivity (Wildman–Crippen MR) is 28.3 cm³/mol. The van der Waals surface area contributed by atoms with E-state index in [2.05, 4.69) is 0 Å². The van der Waals surface area contributed by atoms with Gasteiger partial charge in [-0.25, -0.2) is 0 Å². The molecule has 1 unspecified atom stereocenters. The summed E-state index contributed by atoms with van der Waals surface area (Å²) in [5.41, 5.74) is 0. The van der Waals surface area contributed by atoms with Gasteiger partial charge in [0.15, 0.2) is 0 Å². The van der Waals surface area contributed by atoms with Gasteiger partial charge in [0, 0.05) is 52.0 Å². The molecule has 3 heteroatoms. The van der Waals surface area contributed by atoms with Crippen molar-refractivity contribution in [1.29, 1.82) is 0 Å². The molecule has 0 saturated carbocycles. The van der Waals surface area contributed by atoms with Gasteiger partial charge < -0.3 is 9.47 Å². The van der Waals surface area contributed by atoms with Crippen molar-refractivity contribution in [2.75, 3.05) is 20.8 Å². The summed E-state index contributed by atoms with van der Waals surface area (Å²) in [6.07, 6.45) is 0.227. The molecule has 0 rings (SSSR count). The Morgan fingerprint density at radius 2 is 1.88 bits per heavy atom. The van der Waals surface area contributed by atoms with Crippen LogP contribution in [0.3, 0.4) is 0 Å². The van der Waals surface area contributed by atoms with Crippen molar-refractivity contribution in [2.24, 2.45) is 0 Å². The molecule has 0 fully saturated rings. The average Bonchev–Trinajstić information content (AvgIpc) is 1.68. The first kappa shape index (κ1) is 11.9. The van der Waals surface area contributed by atoms with E-state index >= 15 is 0 Å². The minimum Gasteiger partial charge on any atom is -0.382 e. The maximum absolute atomic E-state index is 4.87. The normalized spacial score (nSPS) is 12.4. The zero-order chi connectivity index (χ0) is 5.70. The van der Waals surface area contributed by atoms with Gasteiger partial charge in [0.25, 0.3) is 0 Å². The first-order valence-electron chi connectivity index (χ1n) is 2.33. The number of hydrogen-bond acceptors (Lipinski definition) is 2. The summed E-state index contributed by atoms with van der Waals surface area (Å²) in [5.74, 6) is 0. The van der Waals surface area contributed by atoms with Crippen molar-refractivity contribution in [2.45, 2.75) is 13.0 Å². The quantitative estimate of drug-likeness (QED) is 0.701. The standard InChI is InChI=1S/C5H12O2.Ho/c1-5(7-3)4-6-2;/h5H,4H2,1-3H3;.